The molecule has 1 atom stereocenters. The standard InChI is InChI=1S/C10H21N3O3/c1-4-10(5-2,6-11)16-7(3)8(14)13-9(12)15/h7H,4-6,11H2,1-3H3,(H3,12,13,14,15). The Balaban J connectivity index is 4.45. The van der Waals surface area contributed by atoms with E-state index in [1.54, 1.807) is 6.92 Å². The lowest BCUT2D eigenvalue weighted by atomic mass is 9.97. The third kappa shape index (κ3) is 4.16. The second-order valence-electron chi connectivity index (χ2n) is 3.71. The van der Waals surface area contributed by atoms with Crippen molar-refractivity contribution in [2.45, 2.75) is 45.3 Å². The summed E-state index contributed by atoms with van der Waals surface area (Å²) < 4.78 is 5.60. The molecule has 6 nitrogen and oxygen atoms in total. The van der Waals surface area contributed by atoms with Crippen LogP contribution in [0.3, 0.4) is 0 Å². The smallest absolute Gasteiger partial charge is 0.318 e. The van der Waals surface area contributed by atoms with Gasteiger partial charge in [-0.25, -0.2) is 4.79 Å². The summed E-state index contributed by atoms with van der Waals surface area (Å²) in [6.45, 7) is 5.77. The van der Waals surface area contributed by atoms with Crippen LogP contribution in [0.4, 0.5) is 4.79 Å². The lowest BCUT2D eigenvalue weighted by Gasteiger charge is -2.32. The molecule has 0 aliphatic rings. The summed E-state index contributed by atoms with van der Waals surface area (Å²) in [5, 5.41) is 1.97. The highest BCUT2D eigenvalue weighted by Crippen LogP contribution is 2.20. The second-order valence-corrected chi connectivity index (χ2v) is 3.71. The van der Waals surface area contributed by atoms with Gasteiger partial charge in [-0.05, 0) is 19.8 Å². The first-order valence-corrected chi connectivity index (χ1v) is 5.39. The SMILES string of the molecule is CCC(CC)(CN)OC(C)C(=O)NC(N)=O. The summed E-state index contributed by atoms with van der Waals surface area (Å²) in [7, 11) is 0. The predicted octanol–water partition coefficient (Wildman–Crippen LogP) is 0.104. The van der Waals surface area contributed by atoms with Crippen LogP contribution >= 0.6 is 0 Å². The predicted molar refractivity (Wildman–Crippen MR) is 60.6 cm³/mol. The summed E-state index contributed by atoms with van der Waals surface area (Å²) in [6.07, 6.45) is 0.651. The molecule has 1 unspecified atom stereocenters. The first kappa shape index (κ1) is 14.9. The highest BCUT2D eigenvalue weighted by molar-refractivity contribution is 5.95. The average Bonchev–Trinajstić information content (AvgIpc) is 2.25. The minimum absolute atomic E-state index is 0.328. The van der Waals surface area contributed by atoms with E-state index in [0.717, 1.165) is 0 Å². The number of ether oxygens (including phenoxy) is 1. The Kier molecular flexibility index (Phi) is 5.98. The summed E-state index contributed by atoms with van der Waals surface area (Å²) in [5.41, 5.74) is 9.95. The number of amides is 3. The summed E-state index contributed by atoms with van der Waals surface area (Å²) in [5.74, 6) is -0.549. The minimum atomic E-state index is -0.883. The molecule has 0 fully saturated rings. The van der Waals surface area contributed by atoms with Crippen LogP contribution in [0, 0.1) is 0 Å². The maximum atomic E-state index is 11.4. The third-order valence-corrected chi connectivity index (χ3v) is 2.70. The van der Waals surface area contributed by atoms with Crippen molar-refractivity contribution in [2.24, 2.45) is 11.5 Å². The fraction of sp³-hybridized carbons (Fsp3) is 0.800. The molecule has 16 heavy (non-hydrogen) atoms. The van der Waals surface area contributed by atoms with Gasteiger partial charge in [0, 0.05) is 6.54 Å². The van der Waals surface area contributed by atoms with Crippen molar-refractivity contribution < 1.29 is 14.3 Å². The highest BCUT2D eigenvalue weighted by atomic mass is 16.5. The van der Waals surface area contributed by atoms with Crippen molar-refractivity contribution in [3.8, 4) is 0 Å². The number of urea groups is 1. The molecular weight excluding hydrogens is 210 g/mol. The molecule has 0 aromatic carbocycles. The molecule has 6 heteroatoms. The fourth-order valence-electron chi connectivity index (χ4n) is 1.41. The van der Waals surface area contributed by atoms with E-state index in [-0.39, 0.29) is 0 Å². The van der Waals surface area contributed by atoms with E-state index in [4.69, 9.17) is 16.2 Å². The largest absolute Gasteiger partial charge is 0.361 e. The van der Waals surface area contributed by atoms with Crippen molar-refractivity contribution in [3.05, 3.63) is 0 Å². The Labute approximate surface area is 95.7 Å². The summed E-state index contributed by atoms with van der Waals surface area (Å²) in [4.78, 5) is 21.9. The number of rotatable bonds is 6. The highest BCUT2D eigenvalue weighted by Gasteiger charge is 2.30. The molecular formula is C10H21N3O3. The molecule has 94 valence electrons. The van der Waals surface area contributed by atoms with Gasteiger partial charge in [0.1, 0.15) is 6.10 Å². The Morgan fingerprint density at radius 2 is 1.88 bits per heavy atom. The van der Waals surface area contributed by atoms with Crippen molar-refractivity contribution in [2.75, 3.05) is 6.54 Å². The number of carbonyl (C=O) groups excluding carboxylic acids is 2. The van der Waals surface area contributed by atoms with Crippen LogP contribution in [-0.4, -0.2) is 30.2 Å². The molecule has 5 N–H and O–H groups in total. The lowest BCUT2D eigenvalue weighted by Crippen LogP contribution is -2.48. The molecule has 0 saturated heterocycles. The van der Waals surface area contributed by atoms with E-state index in [1.165, 1.54) is 0 Å². The normalized spacial score (nSPS) is 13.2. The molecule has 0 aromatic rings. The van der Waals surface area contributed by atoms with Gasteiger partial charge in [0.25, 0.3) is 5.91 Å². The van der Waals surface area contributed by atoms with Gasteiger partial charge in [-0.1, -0.05) is 13.8 Å². The van der Waals surface area contributed by atoms with E-state index in [1.807, 2.05) is 19.2 Å². The van der Waals surface area contributed by atoms with E-state index in [2.05, 4.69) is 0 Å². The molecule has 0 aliphatic heterocycles. The molecule has 0 heterocycles. The Morgan fingerprint density at radius 3 is 2.19 bits per heavy atom. The van der Waals surface area contributed by atoms with Crippen LogP contribution in [0.5, 0.6) is 0 Å². The summed E-state index contributed by atoms with van der Waals surface area (Å²) in [6, 6.07) is -0.883. The van der Waals surface area contributed by atoms with Gasteiger partial charge in [0.15, 0.2) is 0 Å². The summed E-state index contributed by atoms with van der Waals surface area (Å²) >= 11 is 0. The fourth-order valence-corrected chi connectivity index (χ4v) is 1.41. The number of primary amides is 1. The number of hydrogen-bond acceptors (Lipinski definition) is 4. The molecule has 0 saturated carbocycles. The number of hydrogen-bond donors (Lipinski definition) is 3. The van der Waals surface area contributed by atoms with E-state index in [0.29, 0.717) is 19.4 Å². The maximum Gasteiger partial charge on any atom is 0.318 e. The van der Waals surface area contributed by atoms with Crippen molar-refractivity contribution in [1.82, 2.24) is 5.32 Å². The zero-order chi connectivity index (χ0) is 12.8. The van der Waals surface area contributed by atoms with E-state index in [9.17, 15) is 9.59 Å². The number of carbonyl (C=O) groups is 2. The van der Waals surface area contributed by atoms with Crippen LogP contribution in [0.25, 0.3) is 0 Å². The Bertz CT molecular complexity index is 243. The van der Waals surface area contributed by atoms with Crippen molar-refractivity contribution in [3.63, 3.8) is 0 Å². The van der Waals surface area contributed by atoms with Crippen LogP contribution in [0.15, 0.2) is 0 Å². The molecule has 0 rings (SSSR count). The molecule has 0 bridgehead atoms. The van der Waals surface area contributed by atoms with Gasteiger partial charge in [0.05, 0.1) is 5.60 Å². The topological polar surface area (TPSA) is 107 Å². The van der Waals surface area contributed by atoms with Gasteiger partial charge in [-0.2, -0.15) is 0 Å². The first-order valence-electron chi connectivity index (χ1n) is 5.39. The van der Waals surface area contributed by atoms with Crippen LogP contribution < -0.4 is 16.8 Å². The van der Waals surface area contributed by atoms with Crippen molar-refractivity contribution in [1.29, 1.82) is 0 Å². The zero-order valence-corrected chi connectivity index (χ0v) is 10.1. The monoisotopic (exact) mass is 231 g/mol. The van der Waals surface area contributed by atoms with Crippen LogP contribution in [-0.2, 0) is 9.53 Å². The van der Waals surface area contributed by atoms with E-state index >= 15 is 0 Å². The number of imide groups is 1. The average molecular weight is 231 g/mol. The van der Waals surface area contributed by atoms with Crippen molar-refractivity contribution >= 4 is 11.9 Å². The second kappa shape index (κ2) is 6.44. The lowest BCUT2D eigenvalue weighted by molar-refractivity contribution is -0.144. The minimum Gasteiger partial charge on any atom is -0.361 e. The molecule has 0 spiro atoms. The molecule has 0 aromatic heterocycles. The zero-order valence-electron chi connectivity index (χ0n) is 10.1. The first-order chi connectivity index (χ1) is 7.40. The van der Waals surface area contributed by atoms with Gasteiger partial charge in [-0.15, -0.1) is 0 Å². The Morgan fingerprint density at radius 1 is 1.38 bits per heavy atom. The third-order valence-electron chi connectivity index (χ3n) is 2.70. The van der Waals surface area contributed by atoms with Gasteiger partial charge in [-0.3, -0.25) is 10.1 Å². The van der Waals surface area contributed by atoms with Gasteiger partial charge >= 0.3 is 6.03 Å². The quantitative estimate of drug-likeness (QED) is 0.602. The van der Waals surface area contributed by atoms with E-state index < -0.39 is 23.6 Å². The van der Waals surface area contributed by atoms with Crippen LogP contribution in [0.1, 0.15) is 33.6 Å². The maximum absolute atomic E-state index is 11.4. The number of nitrogens with two attached hydrogens (primary N) is 2. The van der Waals surface area contributed by atoms with Gasteiger partial charge < -0.3 is 16.2 Å². The Hall–Kier alpha value is -1.14. The number of nitrogens with one attached hydrogen (secondary N) is 1. The molecule has 0 radical (unpaired) electrons. The van der Waals surface area contributed by atoms with Crippen LogP contribution in [0.2, 0.25) is 0 Å². The molecule has 3 amide bonds. The molecule has 0 aliphatic carbocycles. The van der Waals surface area contributed by atoms with Gasteiger partial charge in [0.2, 0.25) is 0 Å².